The van der Waals surface area contributed by atoms with Crippen molar-refractivity contribution in [2.24, 2.45) is 0 Å². The number of ether oxygens (including phenoxy) is 1. The number of carbonyl (C=O) groups excluding carboxylic acids is 1. The van der Waals surface area contributed by atoms with E-state index in [4.69, 9.17) is 9.15 Å². The highest BCUT2D eigenvalue weighted by Crippen LogP contribution is 2.22. The summed E-state index contributed by atoms with van der Waals surface area (Å²) in [5.41, 5.74) is 2.83. The van der Waals surface area contributed by atoms with Crippen molar-refractivity contribution < 1.29 is 13.9 Å². The van der Waals surface area contributed by atoms with E-state index in [1.807, 2.05) is 43.3 Å². The predicted octanol–water partition coefficient (Wildman–Crippen LogP) is 3.23. The number of carbonyl (C=O) groups is 1. The highest BCUT2D eigenvalue weighted by atomic mass is 16.5. The molecule has 3 aromatic rings. The van der Waals surface area contributed by atoms with Crippen LogP contribution in [-0.2, 0) is 11.2 Å². The molecule has 0 bridgehead atoms. The van der Waals surface area contributed by atoms with Gasteiger partial charge in [0, 0.05) is 5.56 Å². The topological polar surface area (TPSA) is 77.3 Å². The zero-order chi connectivity index (χ0) is 16.9. The molecule has 0 aliphatic carbocycles. The molecule has 24 heavy (non-hydrogen) atoms. The lowest BCUT2D eigenvalue weighted by Crippen LogP contribution is -2.14. The van der Waals surface area contributed by atoms with Gasteiger partial charge in [0.2, 0.25) is 11.8 Å². The molecule has 0 fully saturated rings. The van der Waals surface area contributed by atoms with E-state index in [9.17, 15) is 4.79 Å². The highest BCUT2D eigenvalue weighted by Gasteiger charge is 2.12. The maximum Gasteiger partial charge on any atom is 0.322 e. The fourth-order valence-corrected chi connectivity index (χ4v) is 2.18. The van der Waals surface area contributed by atoms with E-state index >= 15 is 0 Å². The van der Waals surface area contributed by atoms with E-state index in [2.05, 4.69) is 15.5 Å². The van der Waals surface area contributed by atoms with Gasteiger partial charge < -0.3 is 9.15 Å². The molecule has 0 aliphatic rings. The fraction of sp³-hybridized carbons (Fsp3) is 0.167. The zero-order valence-corrected chi connectivity index (χ0v) is 13.4. The lowest BCUT2D eigenvalue weighted by atomic mass is 10.1. The van der Waals surface area contributed by atoms with Crippen molar-refractivity contribution >= 4 is 11.9 Å². The van der Waals surface area contributed by atoms with Crippen molar-refractivity contribution in [3.63, 3.8) is 0 Å². The van der Waals surface area contributed by atoms with Gasteiger partial charge in [0.1, 0.15) is 5.75 Å². The quantitative estimate of drug-likeness (QED) is 0.780. The molecule has 0 saturated carbocycles. The van der Waals surface area contributed by atoms with Crippen molar-refractivity contribution in [2.75, 3.05) is 12.4 Å². The minimum Gasteiger partial charge on any atom is -0.497 e. The molecular weight excluding hydrogens is 306 g/mol. The van der Waals surface area contributed by atoms with Gasteiger partial charge in [0.05, 0.1) is 13.5 Å². The van der Waals surface area contributed by atoms with Crippen LogP contribution in [0.2, 0.25) is 0 Å². The van der Waals surface area contributed by atoms with Crippen LogP contribution in [0.1, 0.15) is 11.1 Å². The van der Waals surface area contributed by atoms with Crippen molar-refractivity contribution in [1.82, 2.24) is 10.2 Å². The Bertz CT molecular complexity index is 823. The molecule has 6 heteroatoms. The standard InChI is InChI=1S/C18H17N3O3/c1-12-3-5-13(6-4-12)11-16(22)19-18-21-20-17(24-18)14-7-9-15(23-2)10-8-14/h3-10H,11H2,1-2H3,(H,19,21,22). The number of hydrogen-bond acceptors (Lipinski definition) is 5. The molecule has 1 N–H and O–H groups in total. The Morgan fingerprint density at radius 2 is 1.79 bits per heavy atom. The number of nitrogens with zero attached hydrogens (tertiary/aromatic N) is 2. The van der Waals surface area contributed by atoms with Crippen molar-refractivity contribution in [2.45, 2.75) is 13.3 Å². The normalized spacial score (nSPS) is 10.4. The minimum atomic E-state index is -0.205. The van der Waals surface area contributed by atoms with Crippen molar-refractivity contribution in [3.05, 3.63) is 59.7 Å². The summed E-state index contributed by atoms with van der Waals surface area (Å²) in [6.45, 7) is 2.00. The maximum atomic E-state index is 12.0. The van der Waals surface area contributed by atoms with Gasteiger partial charge in [-0.15, -0.1) is 5.10 Å². The summed E-state index contributed by atoms with van der Waals surface area (Å²) >= 11 is 0. The number of hydrogen-bond donors (Lipinski definition) is 1. The number of aryl methyl sites for hydroxylation is 1. The second-order valence-electron chi connectivity index (χ2n) is 5.35. The van der Waals surface area contributed by atoms with Crippen LogP contribution in [0.3, 0.4) is 0 Å². The van der Waals surface area contributed by atoms with Crippen molar-refractivity contribution in [1.29, 1.82) is 0 Å². The third-order valence-corrected chi connectivity index (χ3v) is 3.49. The lowest BCUT2D eigenvalue weighted by molar-refractivity contribution is -0.115. The van der Waals surface area contributed by atoms with E-state index in [0.717, 1.165) is 22.4 Å². The highest BCUT2D eigenvalue weighted by molar-refractivity contribution is 5.90. The number of aromatic nitrogens is 2. The molecule has 6 nitrogen and oxygen atoms in total. The smallest absolute Gasteiger partial charge is 0.322 e. The zero-order valence-electron chi connectivity index (χ0n) is 13.4. The van der Waals surface area contributed by atoms with Gasteiger partial charge in [-0.3, -0.25) is 10.1 Å². The molecular formula is C18H17N3O3. The first-order chi connectivity index (χ1) is 11.6. The van der Waals surface area contributed by atoms with E-state index in [1.165, 1.54) is 0 Å². The second-order valence-corrected chi connectivity index (χ2v) is 5.35. The first-order valence-corrected chi connectivity index (χ1v) is 7.47. The Kier molecular flexibility index (Phi) is 4.56. The molecule has 0 spiro atoms. The number of anilines is 1. The van der Waals surface area contributed by atoms with E-state index in [1.54, 1.807) is 19.2 Å². The number of methoxy groups -OCH3 is 1. The number of rotatable bonds is 5. The van der Waals surface area contributed by atoms with E-state index in [0.29, 0.717) is 5.89 Å². The van der Waals surface area contributed by atoms with E-state index < -0.39 is 0 Å². The predicted molar refractivity (Wildman–Crippen MR) is 89.8 cm³/mol. The number of nitrogens with one attached hydrogen (secondary N) is 1. The van der Waals surface area contributed by atoms with Crippen molar-refractivity contribution in [3.8, 4) is 17.2 Å². The maximum absolute atomic E-state index is 12.0. The molecule has 0 radical (unpaired) electrons. The Morgan fingerprint density at radius 3 is 2.46 bits per heavy atom. The molecule has 2 aromatic carbocycles. The molecule has 0 aliphatic heterocycles. The molecule has 0 atom stereocenters. The Labute approximate surface area is 139 Å². The van der Waals surface area contributed by atoms with Crippen LogP contribution in [0.5, 0.6) is 5.75 Å². The van der Waals surface area contributed by atoms with Gasteiger partial charge in [0.25, 0.3) is 0 Å². The van der Waals surface area contributed by atoms with Gasteiger partial charge >= 0.3 is 6.01 Å². The molecule has 0 unspecified atom stereocenters. The minimum absolute atomic E-state index is 0.0814. The third-order valence-electron chi connectivity index (χ3n) is 3.49. The van der Waals surface area contributed by atoms with Gasteiger partial charge in [0.15, 0.2) is 0 Å². The summed E-state index contributed by atoms with van der Waals surface area (Å²) < 4.78 is 10.6. The van der Waals surface area contributed by atoms with Crippen LogP contribution in [0.15, 0.2) is 52.9 Å². The molecule has 1 heterocycles. The molecule has 1 aromatic heterocycles. The van der Waals surface area contributed by atoms with Gasteiger partial charge in [-0.05, 0) is 36.8 Å². The van der Waals surface area contributed by atoms with Crippen LogP contribution in [-0.4, -0.2) is 23.2 Å². The monoisotopic (exact) mass is 323 g/mol. The first-order valence-electron chi connectivity index (χ1n) is 7.47. The molecule has 1 amide bonds. The Morgan fingerprint density at radius 1 is 1.08 bits per heavy atom. The number of amides is 1. The summed E-state index contributed by atoms with van der Waals surface area (Å²) in [5.74, 6) is 0.872. The van der Waals surface area contributed by atoms with Crippen LogP contribution in [0, 0.1) is 6.92 Å². The SMILES string of the molecule is COc1ccc(-c2nnc(NC(=O)Cc3ccc(C)cc3)o2)cc1. The average Bonchev–Trinajstić information content (AvgIpc) is 3.05. The molecule has 3 rings (SSSR count). The fourth-order valence-electron chi connectivity index (χ4n) is 2.18. The largest absolute Gasteiger partial charge is 0.497 e. The van der Waals surface area contributed by atoms with Gasteiger partial charge in [-0.1, -0.05) is 34.9 Å². The number of benzene rings is 2. The molecule has 122 valence electrons. The van der Waals surface area contributed by atoms with Gasteiger partial charge in [-0.2, -0.15) is 0 Å². The second kappa shape index (κ2) is 6.95. The summed E-state index contributed by atoms with van der Waals surface area (Å²) in [5, 5.41) is 10.4. The Balaban J connectivity index is 1.64. The van der Waals surface area contributed by atoms with Gasteiger partial charge in [-0.25, -0.2) is 0 Å². The first kappa shape index (κ1) is 15.7. The van der Waals surface area contributed by atoms with Crippen LogP contribution in [0.25, 0.3) is 11.5 Å². The summed E-state index contributed by atoms with van der Waals surface area (Å²) in [6, 6.07) is 15.1. The summed E-state index contributed by atoms with van der Waals surface area (Å²) in [7, 11) is 1.60. The Hall–Kier alpha value is -3.15. The molecule has 0 saturated heterocycles. The summed E-state index contributed by atoms with van der Waals surface area (Å²) in [4.78, 5) is 12.0. The van der Waals surface area contributed by atoms with E-state index in [-0.39, 0.29) is 18.3 Å². The average molecular weight is 323 g/mol. The summed E-state index contributed by atoms with van der Waals surface area (Å²) in [6.07, 6.45) is 0.251. The third kappa shape index (κ3) is 3.78. The van der Waals surface area contributed by atoms with Crippen LogP contribution < -0.4 is 10.1 Å². The van der Waals surface area contributed by atoms with Crippen LogP contribution >= 0.6 is 0 Å². The van der Waals surface area contributed by atoms with Crippen LogP contribution in [0.4, 0.5) is 6.01 Å². The lowest BCUT2D eigenvalue weighted by Gasteiger charge is -2.02.